The third kappa shape index (κ3) is 2.90. The lowest BCUT2D eigenvalue weighted by atomic mass is 9.99. The molecule has 0 aliphatic carbocycles. The summed E-state index contributed by atoms with van der Waals surface area (Å²) in [7, 11) is -4.39. The molecule has 1 aromatic carbocycles. The summed E-state index contributed by atoms with van der Waals surface area (Å²) in [6.07, 6.45) is -0.668. The number of carbonyl (C=O) groups excluding carboxylic acids is 1. The summed E-state index contributed by atoms with van der Waals surface area (Å²) < 4.78 is 31.3. The first-order valence-electron chi connectivity index (χ1n) is 5.75. The van der Waals surface area contributed by atoms with Crippen LogP contribution in [0.1, 0.15) is 12.0 Å². The van der Waals surface area contributed by atoms with E-state index in [-0.39, 0.29) is 6.54 Å². The molecule has 1 aromatic rings. The van der Waals surface area contributed by atoms with Gasteiger partial charge in [0.25, 0.3) is 0 Å². The average molecular weight is 271 g/mol. The summed E-state index contributed by atoms with van der Waals surface area (Å²) in [5, 5.41) is 8.69. The molecule has 0 amide bonds. The summed E-state index contributed by atoms with van der Waals surface area (Å²) in [6, 6.07) is 7.02. The highest BCUT2D eigenvalue weighted by Crippen LogP contribution is 2.13. The van der Waals surface area contributed by atoms with Crippen molar-refractivity contribution in [3.8, 4) is 0 Å². The molecule has 0 spiro atoms. The maximum absolute atomic E-state index is 13.6. The Kier molecular flexibility index (Phi) is 3.52. The van der Waals surface area contributed by atoms with Crippen LogP contribution in [0.4, 0.5) is 8.63 Å². The minimum atomic E-state index is -4.39. The normalized spacial score (nSPS) is 25.1. The fraction of sp³-hybridized carbons (Fsp3) is 0.273. The number of halogens is 2. The first-order valence-corrected chi connectivity index (χ1v) is 5.75. The molecule has 0 aromatic heterocycles. The van der Waals surface area contributed by atoms with Crippen LogP contribution in [0.3, 0.4) is 0 Å². The van der Waals surface area contributed by atoms with Gasteiger partial charge in [-0.05, 0) is 0 Å². The Balaban J connectivity index is 2.22. The predicted molar refractivity (Wildman–Crippen MR) is 61.2 cm³/mol. The molecular formula is C11H12BF2NO4. The maximum Gasteiger partial charge on any atom is 0.757 e. The molecule has 19 heavy (non-hydrogen) atoms. The van der Waals surface area contributed by atoms with E-state index in [0.29, 0.717) is 5.56 Å². The van der Waals surface area contributed by atoms with Crippen LogP contribution in [0, 0.1) is 0 Å². The van der Waals surface area contributed by atoms with Gasteiger partial charge in [-0.25, -0.2) is 4.79 Å². The topological polar surface area (TPSA) is 68.0 Å². The van der Waals surface area contributed by atoms with Gasteiger partial charge in [-0.15, -0.1) is 0 Å². The Morgan fingerprint density at radius 3 is 2.58 bits per heavy atom. The fourth-order valence-electron chi connectivity index (χ4n) is 2.15. The highest BCUT2D eigenvalue weighted by molar-refractivity contribution is 6.53. The lowest BCUT2D eigenvalue weighted by molar-refractivity contribution is -0.839. The van der Waals surface area contributed by atoms with Gasteiger partial charge in [-0.3, -0.25) is 4.79 Å². The van der Waals surface area contributed by atoms with E-state index < -0.39 is 36.3 Å². The molecule has 2 rings (SSSR count). The number of carbonyl (C=O) groups is 2. The second-order valence-electron chi connectivity index (χ2n) is 4.42. The number of carboxylic acid groups (broad SMARTS) is 1. The lowest BCUT2D eigenvalue weighted by Crippen LogP contribution is -3.21. The van der Waals surface area contributed by atoms with Crippen molar-refractivity contribution in [2.45, 2.75) is 19.0 Å². The smallest absolute Gasteiger partial charge is 0.577 e. The van der Waals surface area contributed by atoms with Crippen molar-refractivity contribution in [2.75, 3.05) is 0 Å². The van der Waals surface area contributed by atoms with E-state index in [1.807, 2.05) is 0 Å². The molecule has 8 heteroatoms. The van der Waals surface area contributed by atoms with Crippen molar-refractivity contribution >= 4 is 19.0 Å². The molecule has 1 saturated heterocycles. The van der Waals surface area contributed by atoms with Crippen LogP contribution in [0.25, 0.3) is 0 Å². The second kappa shape index (κ2) is 4.97. The fourth-order valence-corrected chi connectivity index (χ4v) is 2.15. The van der Waals surface area contributed by atoms with Crippen LogP contribution < -0.4 is 4.81 Å². The predicted octanol–water partition coefficient (Wildman–Crippen LogP) is -0.154. The highest BCUT2D eigenvalue weighted by Gasteiger charge is 2.58. The summed E-state index contributed by atoms with van der Waals surface area (Å²) in [6.45, 7) is -0.155. The van der Waals surface area contributed by atoms with Crippen molar-refractivity contribution in [1.29, 1.82) is 0 Å². The minimum Gasteiger partial charge on any atom is -0.577 e. The number of quaternary nitrogens is 1. The zero-order chi connectivity index (χ0) is 14.0. The molecule has 1 fully saturated rings. The van der Waals surface area contributed by atoms with Gasteiger partial charge < -0.3 is 23.2 Å². The van der Waals surface area contributed by atoms with Crippen LogP contribution in [0.5, 0.6) is 0 Å². The third-order valence-corrected chi connectivity index (χ3v) is 3.06. The number of carboxylic acids is 1. The van der Waals surface area contributed by atoms with Gasteiger partial charge in [0.2, 0.25) is 0 Å². The van der Waals surface area contributed by atoms with Crippen molar-refractivity contribution in [3.05, 3.63) is 35.9 Å². The number of hydrogen-bond donors (Lipinski definition) is 2. The van der Waals surface area contributed by atoms with Gasteiger partial charge in [0.15, 0.2) is 6.04 Å². The quantitative estimate of drug-likeness (QED) is 0.747. The standard InChI is InChI=1S/C11H12BF2NO4/c13-12(14)15(7-8-4-2-1-3-5-8)9(6-10(16)17)11(18)19-12/h1-5,9,15H,6-7H2,(H,16,17). The number of nitrogens with one attached hydrogen (secondary N) is 1. The van der Waals surface area contributed by atoms with E-state index in [4.69, 9.17) is 5.11 Å². The van der Waals surface area contributed by atoms with Crippen LogP contribution in [-0.4, -0.2) is 30.1 Å². The van der Waals surface area contributed by atoms with E-state index >= 15 is 0 Å². The van der Waals surface area contributed by atoms with Crippen LogP contribution in [0.15, 0.2) is 30.3 Å². The Hall–Kier alpha value is -1.96. The van der Waals surface area contributed by atoms with E-state index in [1.54, 1.807) is 30.3 Å². The summed E-state index contributed by atoms with van der Waals surface area (Å²) >= 11 is 0. The number of hydrogen-bond acceptors (Lipinski definition) is 3. The second-order valence-corrected chi connectivity index (χ2v) is 4.42. The van der Waals surface area contributed by atoms with E-state index in [0.717, 1.165) is 0 Å². The number of aliphatic carboxylic acids is 1. The van der Waals surface area contributed by atoms with Crippen molar-refractivity contribution in [2.24, 2.45) is 0 Å². The zero-order valence-corrected chi connectivity index (χ0v) is 9.88. The van der Waals surface area contributed by atoms with Gasteiger partial charge in [0.1, 0.15) is 6.42 Å². The van der Waals surface area contributed by atoms with Crippen molar-refractivity contribution < 1.29 is 32.8 Å². The maximum atomic E-state index is 13.6. The van der Waals surface area contributed by atoms with Crippen molar-refractivity contribution in [3.63, 3.8) is 0 Å². The van der Waals surface area contributed by atoms with Gasteiger partial charge >= 0.3 is 19.0 Å². The molecule has 0 saturated carbocycles. The zero-order valence-electron chi connectivity index (χ0n) is 9.88. The van der Waals surface area contributed by atoms with E-state index in [9.17, 15) is 18.2 Å². The van der Waals surface area contributed by atoms with Gasteiger partial charge in [0.05, 0.1) is 6.54 Å². The van der Waals surface area contributed by atoms with Gasteiger partial charge in [-0.1, -0.05) is 30.3 Å². The molecule has 1 aliphatic heterocycles. The summed E-state index contributed by atoms with van der Waals surface area (Å²) in [5.41, 5.74) is 0.590. The Morgan fingerprint density at radius 2 is 2.00 bits per heavy atom. The number of benzene rings is 1. The van der Waals surface area contributed by atoms with Gasteiger partial charge in [0, 0.05) is 5.56 Å². The monoisotopic (exact) mass is 271 g/mol. The first kappa shape index (κ1) is 13.5. The largest absolute Gasteiger partial charge is 0.757 e. The molecule has 2 N–H and O–H groups in total. The number of rotatable bonds is 4. The minimum absolute atomic E-state index is 0.155. The van der Waals surface area contributed by atoms with Gasteiger partial charge in [-0.2, -0.15) is 0 Å². The molecule has 102 valence electrons. The Morgan fingerprint density at radius 1 is 1.37 bits per heavy atom. The summed E-state index contributed by atoms with van der Waals surface area (Å²) in [5.74, 6) is -2.46. The van der Waals surface area contributed by atoms with E-state index in [2.05, 4.69) is 4.65 Å². The summed E-state index contributed by atoms with van der Waals surface area (Å²) in [4.78, 5) is 21.6. The van der Waals surface area contributed by atoms with Crippen LogP contribution in [-0.2, 0) is 20.8 Å². The average Bonchev–Trinajstić information content (AvgIpc) is 2.52. The SMILES string of the molecule is O=C(O)CC1C(=O)O[B-](F)(F)[NH+]1Cc1ccccc1. The van der Waals surface area contributed by atoms with Crippen molar-refractivity contribution in [1.82, 2.24) is 0 Å². The highest BCUT2D eigenvalue weighted by atomic mass is 19.3. The molecule has 0 radical (unpaired) electrons. The molecular weight excluding hydrogens is 259 g/mol. The molecule has 0 bridgehead atoms. The van der Waals surface area contributed by atoms with Crippen LogP contribution >= 0.6 is 0 Å². The Bertz CT molecular complexity index is 497. The molecule has 1 heterocycles. The molecule has 2 unspecified atom stereocenters. The molecule has 2 atom stereocenters. The lowest BCUT2D eigenvalue weighted by Gasteiger charge is -2.27. The third-order valence-electron chi connectivity index (χ3n) is 3.06. The molecule has 1 aliphatic rings. The first-order chi connectivity index (χ1) is 8.90. The van der Waals surface area contributed by atoms with Crippen LogP contribution in [0.2, 0.25) is 0 Å². The van der Waals surface area contributed by atoms with E-state index in [1.165, 1.54) is 0 Å². The molecule has 5 nitrogen and oxygen atoms in total. The Labute approximate surface area is 107 Å².